The van der Waals surface area contributed by atoms with Gasteiger partial charge in [-0.05, 0) is 48.4 Å². The van der Waals surface area contributed by atoms with Crippen LogP contribution in [0.25, 0.3) is 0 Å². The van der Waals surface area contributed by atoms with Gasteiger partial charge in [0.2, 0.25) is 0 Å². The fraction of sp³-hybridized carbons (Fsp3) is 0.267. The third kappa shape index (κ3) is 3.76. The van der Waals surface area contributed by atoms with E-state index in [-0.39, 0.29) is 12.4 Å². The van der Waals surface area contributed by atoms with Gasteiger partial charge in [-0.2, -0.15) is 0 Å². The van der Waals surface area contributed by atoms with Gasteiger partial charge in [0, 0.05) is 25.3 Å². The number of benzene rings is 1. The van der Waals surface area contributed by atoms with Crippen molar-refractivity contribution >= 4 is 17.2 Å². The molecule has 0 unspecified atom stereocenters. The summed E-state index contributed by atoms with van der Waals surface area (Å²) in [7, 11) is 1.90. The number of hydrogen-bond donors (Lipinski definition) is 1. The summed E-state index contributed by atoms with van der Waals surface area (Å²) in [5.74, 6) is 0.261. The van der Waals surface area contributed by atoms with Crippen LogP contribution in [0, 0.1) is 12.1 Å². The van der Waals surface area contributed by atoms with E-state index in [1.165, 1.54) is 0 Å². The van der Waals surface area contributed by atoms with Gasteiger partial charge < -0.3 is 15.2 Å². The minimum Gasteiger partial charge on any atom is -0.710 e. The van der Waals surface area contributed by atoms with Crippen molar-refractivity contribution in [3.63, 3.8) is 0 Å². The summed E-state index contributed by atoms with van der Waals surface area (Å²) in [5.41, 5.74) is 2.22. The number of aryl methyl sites for hydroxylation is 1. The van der Waals surface area contributed by atoms with Crippen LogP contribution >= 0.6 is 0 Å². The van der Waals surface area contributed by atoms with E-state index in [1.807, 2.05) is 36.2 Å². The van der Waals surface area contributed by atoms with Gasteiger partial charge >= 0.3 is 5.82 Å². The molecule has 1 aromatic carbocycles. The maximum atomic E-state index is 11.7. The van der Waals surface area contributed by atoms with Crippen LogP contribution in [0.15, 0.2) is 52.7 Å². The molecule has 0 atom stereocenters. The topological polar surface area (TPSA) is 75.1 Å². The first-order valence-corrected chi connectivity index (χ1v) is 6.65. The van der Waals surface area contributed by atoms with Crippen molar-refractivity contribution in [1.82, 2.24) is 0 Å². The van der Waals surface area contributed by atoms with Crippen LogP contribution in [-0.2, 0) is 0 Å². The molecule has 6 nitrogen and oxygen atoms in total. The Morgan fingerprint density at radius 1 is 1.14 bits per heavy atom. The van der Waals surface area contributed by atoms with Gasteiger partial charge in [-0.15, -0.1) is 0 Å². The third-order valence-electron chi connectivity index (χ3n) is 3.10. The Morgan fingerprint density at radius 3 is 2.52 bits per heavy atom. The highest BCUT2D eigenvalue weighted by Crippen LogP contribution is 2.20. The number of aromatic nitrogens is 1. The standard InChI is InChI=1S/C15H18N4O2/c1-12-4-3-5-15(19(12)21)17-16-13-6-8-14(9-7-13)18(2)10-11-20/h3-9,20H,10-11H2,1-2H3/b17-16+. The Hall–Kier alpha value is -2.47. The fourth-order valence-electron chi connectivity index (χ4n) is 1.83. The molecule has 110 valence electrons. The van der Waals surface area contributed by atoms with Crippen LogP contribution in [0.4, 0.5) is 17.2 Å². The van der Waals surface area contributed by atoms with Gasteiger partial charge in [-0.25, -0.2) is 4.73 Å². The molecule has 1 aromatic heterocycles. The summed E-state index contributed by atoms with van der Waals surface area (Å²) in [6.45, 7) is 2.40. The Morgan fingerprint density at radius 2 is 1.86 bits per heavy atom. The second-order valence-corrected chi connectivity index (χ2v) is 4.68. The lowest BCUT2D eigenvalue weighted by Crippen LogP contribution is -2.29. The molecule has 0 aliphatic heterocycles. The number of likely N-dealkylation sites (N-methyl/N-ethyl adjacent to an activating group) is 1. The SMILES string of the molecule is Cc1cccc(/N=N/c2ccc(N(C)CCO)cc2)[n+]1[O-]. The van der Waals surface area contributed by atoms with E-state index in [0.29, 0.717) is 17.9 Å². The normalized spacial score (nSPS) is 11.0. The van der Waals surface area contributed by atoms with E-state index < -0.39 is 0 Å². The molecule has 0 fully saturated rings. The molecule has 6 heteroatoms. The zero-order valence-corrected chi connectivity index (χ0v) is 12.1. The van der Waals surface area contributed by atoms with Crippen molar-refractivity contribution in [2.75, 3.05) is 25.1 Å². The maximum absolute atomic E-state index is 11.7. The third-order valence-corrected chi connectivity index (χ3v) is 3.10. The number of hydrogen-bond acceptors (Lipinski definition) is 5. The van der Waals surface area contributed by atoms with Gasteiger partial charge in [0.25, 0.3) is 0 Å². The molecule has 0 aliphatic carbocycles. The Kier molecular flexibility index (Phi) is 4.84. The lowest BCUT2D eigenvalue weighted by Gasteiger charge is -2.17. The molecule has 1 N–H and O–H groups in total. The average Bonchev–Trinajstić information content (AvgIpc) is 2.49. The molecule has 0 radical (unpaired) electrons. The molecule has 0 aliphatic rings. The van der Waals surface area contributed by atoms with Crippen molar-refractivity contribution < 1.29 is 9.84 Å². The molecular weight excluding hydrogens is 268 g/mol. The van der Waals surface area contributed by atoms with Gasteiger partial charge in [0.1, 0.15) is 11.4 Å². The fourth-order valence-corrected chi connectivity index (χ4v) is 1.83. The monoisotopic (exact) mass is 286 g/mol. The van der Waals surface area contributed by atoms with Gasteiger partial charge in [-0.1, -0.05) is 0 Å². The Balaban J connectivity index is 2.13. The van der Waals surface area contributed by atoms with E-state index in [0.717, 1.165) is 10.4 Å². The number of aliphatic hydroxyl groups is 1. The van der Waals surface area contributed by atoms with Crippen LogP contribution in [0.3, 0.4) is 0 Å². The Labute approximate surface area is 123 Å². The van der Waals surface area contributed by atoms with Crippen molar-refractivity contribution in [2.45, 2.75) is 6.92 Å². The first-order chi connectivity index (χ1) is 10.1. The average molecular weight is 286 g/mol. The molecule has 1 heterocycles. The van der Waals surface area contributed by atoms with Crippen LogP contribution in [0.5, 0.6) is 0 Å². The second-order valence-electron chi connectivity index (χ2n) is 4.68. The minimum atomic E-state index is 0.106. The number of rotatable bonds is 5. The van der Waals surface area contributed by atoms with Crippen molar-refractivity contribution in [2.24, 2.45) is 10.2 Å². The van der Waals surface area contributed by atoms with E-state index in [4.69, 9.17) is 5.11 Å². The smallest absolute Gasteiger partial charge is 0.353 e. The maximum Gasteiger partial charge on any atom is 0.353 e. The molecule has 21 heavy (non-hydrogen) atoms. The zero-order valence-electron chi connectivity index (χ0n) is 12.1. The second kappa shape index (κ2) is 6.81. The van der Waals surface area contributed by atoms with E-state index in [1.54, 1.807) is 25.1 Å². The summed E-state index contributed by atoms with van der Waals surface area (Å²) >= 11 is 0. The predicted octanol–water partition coefficient (Wildman–Crippen LogP) is 2.47. The number of anilines is 1. The summed E-state index contributed by atoms with van der Waals surface area (Å²) < 4.78 is 0.743. The van der Waals surface area contributed by atoms with Crippen molar-refractivity contribution in [3.8, 4) is 0 Å². The summed E-state index contributed by atoms with van der Waals surface area (Å²) in [4.78, 5) is 1.94. The van der Waals surface area contributed by atoms with Crippen LogP contribution in [0.1, 0.15) is 5.69 Å². The van der Waals surface area contributed by atoms with E-state index in [9.17, 15) is 5.21 Å². The van der Waals surface area contributed by atoms with E-state index in [2.05, 4.69) is 10.2 Å². The van der Waals surface area contributed by atoms with E-state index >= 15 is 0 Å². The number of nitrogens with zero attached hydrogens (tertiary/aromatic N) is 4. The highest BCUT2D eigenvalue weighted by molar-refractivity contribution is 5.52. The highest BCUT2D eigenvalue weighted by Gasteiger charge is 2.06. The lowest BCUT2D eigenvalue weighted by atomic mass is 10.2. The highest BCUT2D eigenvalue weighted by atomic mass is 16.5. The first-order valence-electron chi connectivity index (χ1n) is 6.65. The van der Waals surface area contributed by atoms with Gasteiger partial charge in [-0.3, -0.25) is 0 Å². The van der Waals surface area contributed by atoms with Gasteiger partial charge in [0.15, 0.2) is 0 Å². The van der Waals surface area contributed by atoms with Crippen LogP contribution in [-0.4, -0.2) is 25.3 Å². The predicted molar refractivity (Wildman–Crippen MR) is 81.1 cm³/mol. The molecule has 0 bridgehead atoms. The Bertz CT molecular complexity index is 626. The number of azo groups is 1. The van der Waals surface area contributed by atoms with Gasteiger partial charge in [0.05, 0.1) is 11.7 Å². The molecular formula is C15H18N4O2. The molecule has 0 spiro atoms. The lowest BCUT2D eigenvalue weighted by molar-refractivity contribution is -0.598. The molecule has 0 saturated carbocycles. The first kappa shape index (κ1) is 14.9. The summed E-state index contributed by atoms with van der Waals surface area (Å²) in [5, 5.41) is 28.7. The zero-order chi connectivity index (χ0) is 15.2. The summed E-state index contributed by atoms with van der Waals surface area (Å²) in [6.07, 6.45) is 0. The summed E-state index contributed by atoms with van der Waals surface area (Å²) in [6, 6.07) is 12.5. The number of pyridine rings is 1. The molecule has 2 aromatic rings. The quantitative estimate of drug-likeness (QED) is 0.521. The molecule has 0 amide bonds. The minimum absolute atomic E-state index is 0.106. The number of aliphatic hydroxyl groups excluding tert-OH is 1. The molecule has 0 saturated heterocycles. The van der Waals surface area contributed by atoms with Crippen molar-refractivity contribution in [3.05, 3.63) is 53.4 Å². The van der Waals surface area contributed by atoms with Crippen LogP contribution < -0.4 is 9.63 Å². The largest absolute Gasteiger partial charge is 0.710 e. The molecule has 2 rings (SSSR count). The van der Waals surface area contributed by atoms with Crippen molar-refractivity contribution in [1.29, 1.82) is 0 Å². The van der Waals surface area contributed by atoms with Crippen LogP contribution in [0.2, 0.25) is 0 Å².